The molecule has 150 valence electrons. The van der Waals surface area contributed by atoms with Gasteiger partial charge in [0.05, 0.1) is 5.69 Å². The number of fused-ring (bicyclic) bond motifs is 1. The van der Waals surface area contributed by atoms with E-state index in [-0.39, 0.29) is 24.8 Å². The zero-order chi connectivity index (χ0) is 20.8. The molecule has 2 N–H and O–H groups in total. The predicted molar refractivity (Wildman–Crippen MR) is 116 cm³/mol. The zero-order valence-corrected chi connectivity index (χ0v) is 16.4. The highest BCUT2D eigenvalue weighted by Gasteiger charge is 2.09. The second-order valence-electron chi connectivity index (χ2n) is 6.92. The van der Waals surface area contributed by atoms with Gasteiger partial charge < -0.3 is 10.6 Å². The first-order valence-corrected chi connectivity index (χ1v) is 9.82. The molecule has 3 aromatic carbocycles. The number of rotatable bonds is 7. The van der Waals surface area contributed by atoms with Crippen molar-refractivity contribution in [2.24, 2.45) is 0 Å². The van der Waals surface area contributed by atoms with Crippen molar-refractivity contribution >= 4 is 22.6 Å². The van der Waals surface area contributed by atoms with E-state index < -0.39 is 0 Å². The van der Waals surface area contributed by atoms with Crippen LogP contribution in [0.15, 0.2) is 85.2 Å². The molecule has 6 heteroatoms. The third-order valence-electron chi connectivity index (χ3n) is 4.87. The third kappa shape index (κ3) is 4.55. The summed E-state index contributed by atoms with van der Waals surface area (Å²) in [6.07, 6.45) is 3.79. The van der Waals surface area contributed by atoms with Gasteiger partial charge in [0.25, 0.3) is 5.91 Å². The summed E-state index contributed by atoms with van der Waals surface area (Å²) in [4.78, 5) is 24.6. The molecule has 0 spiro atoms. The van der Waals surface area contributed by atoms with Crippen molar-refractivity contribution < 1.29 is 9.59 Å². The Morgan fingerprint density at radius 2 is 1.67 bits per heavy atom. The van der Waals surface area contributed by atoms with E-state index in [1.807, 2.05) is 72.9 Å². The molecule has 1 aromatic heterocycles. The first kappa shape index (κ1) is 19.4. The molecule has 1 heterocycles. The molecule has 0 aliphatic rings. The molecule has 0 aliphatic heterocycles. The summed E-state index contributed by atoms with van der Waals surface area (Å²) in [5.41, 5.74) is 2.48. The number of nitrogens with zero attached hydrogens (tertiary/aromatic N) is 2. The van der Waals surface area contributed by atoms with Crippen LogP contribution in [0.4, 0.5) is 0 Å². The van der Waals surface area contributed by atoms with Crippen LogP contribution in [-0.4, -0.2) is 28.1 Å². The van der Waals surface area contributed by atoms with Crippen molar-refractivity contribution in [1.82, 2.24) is 20.4 Å². The Hall–Kier alpha value is -3.93. The van der Waals surface area contributed by atoms with E-state index in [9.17, 15) is 9.59 Å². The lowest BCUT2D eigenvalue weighted by molar-refractivity contribution is -0.121. The standard InChI is InChI=1S/C24H22N4O2/c29-23(26-17-21-8-3-4-9-22(21)28-15-5-13-27-28)12-14-25-24(30)20-11-10-18-6-1-2-7-19(18)16-20/h1-11,13,15-16H,12,14,17H2,(H,25,30)(H,26,29). The second-order valence-corrected chi connectivity index (χ2v) is 6.92. The van der Waals surface area contributed by atoms with Crippen LogP contribution in [-0.2, 0) is 11.3 Å². The Labute approximate surface area is 174 Å². The number of hydrogen-bond donors (Lipinski definition) is 2. The number of hydrogen-bond acceptors (Lipinski definition) is 3. The van der Waals surface area contributed by atoms with Crippen molar-refractivity contribution in [2.75, 3.05) is 6.54 Å². The molecule has 0 radical (unpaired) electrons. The van der Waals surface area contributed by atoms with Gasteiger partial charge >= 0.3 is 0 Å². The van der Waals surface area contributed by atoms with Crippen molar-refractivity contribution in [2.45, 2.75) is 13.0 Å². The maximum Gasteiger partial charge on any atom is 0.251 e. The molecule has 0 aliphatic carbocycles. The maximum atomic E-state index is 12.4. The van der Waals surface area contributed by atoms with Gasteiger partial charge in [-0.2, -0.15) is 5.10 Å². The number of benzene rings is 3. The SMILES string of the molecule is O=C(CCNC(=O)c1ccc2ccccc2c1)NCc1ccccc1-n1cccn1. The Kier molecular flexibility index (Phi) is 5.85. The van der Waals surface area contributed by atoms with E-state index in [4.69, 9.17) is 0 Å². The fourth-order valence-corrected chi connectivity index (χ4v) is 3.30. The molecule has 0 saturated carbocycles. The molecule has 0 unspecified atom stereocenters. The van der Waals surface area contributed by atoms with Crippen LogP contribution in [0.25, 0.3) is 16.5 Å². The van der Waals surface area contributed by atoms with E-state index in [0.29, 0.717) is 12.1 Å². The molecule has 0 saturated heterocycles. The van der Waals surface area contributed by atoms with E-state index in [2.05, 4.69) is 15.7 Å². The van der Waals surface area contributed by atoms with Crippen molar-refractivity contribution in [3.05, 3.63) is 96.3 Å². The summed E-state index contributed by atoms with van der Waals surface area (Å²) >= 11 is 0. The van der Waals surface area contributed by atoms with Gasteiger partial charge in [-0.15, -0.1) is 0 Å². The number of para-hydroxylation sites is 1. The monoisotopic (exact) mass is 398 g/mol. The summed E-state index contributed by atoms with van der Waals surface area (Å²) < 4.78 is 1.77. The second kappa shape index (κ2) is 9.05. The molecule has 4 aromatic rings. The van der Waals surface area contributed by atoms with Crippen molar-refractivity contribution in [1.29, 1.82) is 0 Å². The highest BCUT2D eigenvalue weighted by Crippen LogP contribution is 2.15. The van der Waals surface area contributed by atoms with E-state index in [0.717, 1.165) is 22.0 Å². The van der Waals surface area contributed by atoms with Gasteiger partial charge in [0, 0.05) is 37.5 Å². The Bertz CT molecular complexity index is 1170. The van der Waals surface area contributed by atoms with E-state index in [1.54, 1.807) is 16.9 Å². The first-order chi connectivity index (χ1) is 14.7. The van der Waals surface area contributed by atoms with Crippen LogP contribution in [0.1, 0.15) is 22.3 Å². The average Bonchev–Trinajstić information content (AvgIpc) is 3.32. The van der Waals surface area contributed by atoms with Crippen LogP contribution in [0.3, 0.4) is 0 Å². The average molecular weight is 398 g/mol. The predicted octanol–water partition coefficient (Wildman–Crippen LogP) is 3.46. The minimum Gasteiger partial charge on any atom is -0.352 e. The zero-order valence-electron chi connectivity index (χ0n) is 16.4. The Balaban J connectivity index is 1.28. The van der Waals surface area contributed by atoms with Gasteiger partial charge in [-0.25, -0.2) is 4.68 Å². The van der Waals surface area contributed by atoms with E-state index >= 15 is 0 Å². The molecular formula is C24H22N4O2. The smallest absolute Gasteiger partial charge is 0.251 e. The topological polar surface area (TPSA) is 76.0 Å². The summed E-state index contributed by atoms with van der Waals surface area (Å²) in [6.45, 7) is 0.672. The van der Waals surface area contributed by atoms with Crippen LogP contribution >= 0.6 is 0 Å². The van der Waals surface area contributed by atoms with Gasteiger partial charge in [0.15, 0.2) is 0 Å². The summed E-state index contributed by atoms with van der Waals surface area (Å²) in [7, 11) is 0. The minimum atomic E-state index is -0.183. The molecule has 0 bridgehead atoms. The van der Waals surface area contributed by atoms with Gasteiger partial charge in [-0.1, -0.05) is 48.5 Å². The number of nitrogens with one attached hydrogen (secondary N) is 2. The van der Waals surface area contributed by atoms with Gasteiger partial charge in [0.2, 0.25) is 5.91 Å². The summed E-state index contributed by atoms with van der Waals surface area (Å²) in [5, 5.41) is 12.1. The number of aromatic nitrogens is 2. The number of carbonyl (C=O) groups is 2. The lowest BCUT2D eigenvalue weighted by Gasteiger charge is -2.11. The maximum absolute atomic E-state index is 12.4. The lowest BCUT2D eigenvalue weighted by Crippen LogP contribution is -2.30. The number of carbonyl (C=O) groups excluding carboxylic acids is 2. The fraction of sp³-hybridized carbons (Fsp3) is 0.125. The van der Waals surface area contributed by atoms with E-state index in [1.165, 1.54) is 0 Å². The van der Waals surface area contributed by atoms with Gasteiger partial charge in [-0.3, -0.25) is 9.59 Å². The third-order valence-corrected chi connectivity index (χ3v) is 4.87. The molecule has 0 fully saturated rings. The lowest BCUT2D eigenvalue weighted by atomic mass is 10.1. The highest BCUT2D eigenvalue weighted by atomic mass is 16.2. The molecule has 2 amide bonds. The molecule has 0 atom stereocenters. The molecular weight excluding hydrogens is 376 g/mol. The Morgan fingerprint density at radius 3 is 2.50 bits per heavy atom. The van der Waals surface area contributed by atoms with Crippen LogP contribution in [0.5, 0.6) is 0 Å². The largest absolute Gasteiger partial charge is 0.352 e. The van der Waals surface area contributed by atoms with Crippen molar-refractivity contribution in [3.8, 4) is 5.69 Å². The van der Waals surface area contributed by atoms with Crippen LogP contribution in [0.2, 0.25) is 0 Å². The van der Waals surface area contributed by atoms with Crippen LogP contribution in [0, 0.1) is 0 Å². The highest BCUT2D eigenvalue weighted by molar-refractivity contribution is 5.98. The van der Waals surface area contributed by atoms with Crippen molar-refractivity contribution in [3.63, 3.8) is 0 Å². The summed E-state index contributed by atoms with van der Waals surface area (Å²) in [5.74, 6) is -0.304. The molecule has 30 heavy (non-hydrogen) atoms. The molecule has 4 rings (SSSR count). The molecule has 6 nitrogen and oxygen atoms in total. The van der Waals surface area contributed by atoms with Gasteiger partial charge in [-0.05, 0) is 40.6 Å². The first-order valence-electron chi connectivity index (χ1n) is 9.82. The summed E-state index contributed by atoms with van der Waals surface area (Å²) in [6, 6.07) is 23.1. The Morgan fingerprint density at radius 1 is 0.867 bits per heavy atom. The fourth-order valence-electron chi connectivity index (χ4n) is 3.30. The normalized spacial score (nSPS) is 10.7. The van der Waals surface area contributed by atoms with Crippen LogP contribution < -0.4 is 10.6 Å². The van der Waals surface area contributed by atoms with Gasteiger partial charge in [0.1, 0.15) is 0 Å². The quantitative estimate of drug-likeness (QED) is 0.501. The number of amides is 2. The minimum absolute atomic E-state index is 0.121.